The molecule has 7 nitrogen and oxygen atoms in total. The molecule has 0 saturated heterocycles. The molecule has 0 bridgehead atoms. The lowest BCUT2D eigenvalue weighted by molar-refractivity contribution is -0.137. The van der Waals surface area contributed by atoms with Gasteiger partial charge in [-0.25, -0.2) is 4.98 Å². The van der Waals surface area contributed by atoms with Gasteiger partial charge in [-0.3, -0.25) is 4.79 Å². The third-order valence-electron chi connectivity index (χ3n) is 3.76. The van der Waals surface area contributed by atoms with Gasteiger partial charge in [-0.05, 0) is 25.3 Å². The van der Waals surface area contributed by atoms with Crippen LogP contribution in [0.5, 0.6) is 0 Å². The molecule has 3 aromatic rings. The van der Waals surface area contributed by atoms with Crippen molar-refractivity contribution in [1.82, 2.24) is 19.6 Å². The van der Waals surface area contributed by atoms with Crippen LogP contribution in [0.15, 0.2) is 42.7 Å². The van der Waals surface area contributed by atoms with E-state index in [0.29, 0.717) is 12.2 Å². The zero-order valence-corrected chi connectivity index (χ0v) is 13.4. The predicted octanol–water partition coefficient (Wildman–Crippen LogP) is 2.32. The fourth-order valence-electron chi connectivity index (χ4n) is 2.66. The number of carboxylic acid groups (broad SMARTS) is 1. The number of carbonyl (C=O) groups is 1. The highest BCUT2D eigenvalue weighted by atomic mass is 16.4. The molecular weight excluding hydrogens is 306 g/mol. The molecular formula is C17H19N5O2. The molecule has 2 heterocycles. The standard InChI is InChI=1S/C17H19N5O2/c1-12-9-15(22-17(20-12)18-11-19-22)21-14(7-8-16(23)24)10-13-5-3-2-4-6-13/h2-6,9,11,14,21H,7-8,10H2,1H3,(H,23,24). The minimum atomic E-state index is -0.799. The number of carboxylic acids is 1. The number of fused-ring (bicyclic) bond motifs is 1. The predicted molar refractivity (Wildman–Crippen MR) is 89.9 cm³/mol. The molecule has 2 aromatic heterocycles. The van der Waals surface area contributed by atoms with Crippen molar-refractivity contribution in [3.63, 3.8) is 0 Å². The molecule has 124 valence electrons. The molecule has 0 spiro atoms. The van der Waals surface area contributed by atoms with Crippen LogP contribution in [0.2, 0.25) is 0 Å². The number of aryl methyl sites for hydroxylation is 1. The van der Waals surface area contributed by atoms with Crippen molar-refractivity contribution in [2.24, 2.45) is 0 Å². The van der Waals surface area contributed by atoms with Gasteiger partial charge in [0.1, 0.15) is 12.1 Å². The summed E-state index contributed by atoms with van der Waals surface area (Å²) < 4.78 is 1.63. The molecule has 0 aliphatic heterocycles. The van der Waals surface area contributed by atoms with Crippen molar-refractivity contribution in [1.29, 1.82) is 0 Å². The van der Waals surface area contributed by atoms with E-state index in [1.165, 1.54) is 6.33 Å². The van der Waals surface area contributed by atoms with E-state index in [0.717, 1.165) is 23.5 Å². The summed E-state index contributed by atoms with van der Waals surface area (Å²) in [6, 6.07) is 11.9. The zero-order valence-electron chi connectivity index (χ0n) is 13.4. The fraction of sp³-hybridized carbons (Fsp3) is 0.294. The van der Waals surface area contributed by atoms with Crippen LogP contribution in [-0.2, 0) is 11.2 Å². The Morgan fingerprint density at radius 1 is 1.33 bits per heavy atom. The summed E-state index contributed by atoms with van der Waals surface area (Å²) in [5, 5.41) is 16.6. The van der Waals surface area contributed by atoms with Gasteiger partial charge in [0.2, 0.25) is 0 Å². The zero-order chi connectivity index (χ0) is 16.9. The first-order valence-corrected chi connectivity index (χ1v) is 7.81. The number of aromatic nitrogens is 4. The Kier molecular flexibility index (Phi) is 4.69. The Labute approximate surface area is 139 Å². The van der Waals surface area contributed by atoms with Gasteiger partial charge in [0.15, 0.2) is 0 Å². The first-order chi connectivity index (χ1) is 11.6. The Bertz CT molecular complexity index is 831. The maximum absolute atomic E-state index is 11.0. The normalized spacial score (nSPS) is 12.2. The average Bonchev–Trinajstić information content (AvgIpc) is 3.02. The summed E-state index contributed by atoms with van der Waals surface area (Å²) in [5.41, 5.74) is 1.98. The van der Waals surface area contributed by atoms with Crippen LogP contribution in [0.1, 0.15) is 24.1 Å². The quantitative estimate of drug-likeness (QED) is 0.692. The highest BCUT2D eigenvalue weighted by Gasteiger charge is 2.15. The number of hydrogen-bond acceptors (Lipinski definition) is 5. The third-order valence-corrected chi connectivity index (χ3v) is 3.76. The summed E-state index contributed by atoms with van der Waals surface area (Å²) in [6.07, 6.45) is 2.80. The molecule has 0 fully saturated rings. The molecule has 1 aromatic carbocycles. The number of hydrogen-bond donors (Lipinski definition) is 2. The van der Waals surface area contributed by atoms with E-state index in [1.54, 1.807) is 4.52 Å². The third kappa shape index (κ3) is 3.87. The Hall–Kier alpha value is -2.96. The molecule has 24 heavy (non-hydrogen) atoms. The van der Waals surface area contributed by atoms with Gasteiger partial charge in [0.25, 0.3) is 5.78 Å². The second-order valence-corrected chi connectivity index (χ2v) is 5.72. The summed E-state index contributed by atoms with van der Waals surface area (Å²) >= 11 is 0. The van der Waals surface area contributed by atoms with Crippen LogP contribution in [0.3, 0.4) is 0 Å². The largest absolute Gasteiger partial charge is 0.481 e. The average molecular weight is 325 g/mol. The lowest BCUT2D eigenvalue weighted by Crippen LogP contribution is -2.25. The molecule has 0 amide bonds. The number of rotatable bonds is 7. The van der Waals surface area contributed by atoms with Crippen molar-refractivity contribution in [3.05, 3.63) is 54.0 Å². The molecule has 1 unspecified atom stereocenters. The number of aliphatic carboxylic acids is 1. The highest BCUT2D eigenvalue weighted by molar-refractivity contribution is 5.66. The molecule has 0 aliphatic rings. The maximum atomic E-state index is 11.0. The van der Waals surface area contributed by atoms with E-state index in [2.05, 4.69) is 20.4 Å². The maximum Gasteiger partial charge on any atom is 0.303 e. The van der Waals surface area contributed by atoms with Gasteiger partial charge < -0.3 is 10.4 Å². The Morgan fingerprint density at radius 2 is 2.12 bits per heavy atom. The number of nitrogens with one attached hydrogen (secondary N) is 1. The van der Waals surface area contributed by atoms with E-state index in [1.807, 2.05) is 43.3 Å². The molecule has 0 saturated carbocycles. The number of anilines is 1. The van der Waals surface area contributed by atoms with Crippen molar-refractivity contribution < 1.29 is 9.90 Å². The van der Waals surface area contributed by atoms with E-state index in [4.69, 9.17) is 5.11 Å². The second-order valence-electron chi connectivity index (χ2n) is 5.72. The van der Waals surface area contributed by atoms with E-state index >= 15 is 0 Å². The lowest BCUT2D eigenvalue weighted by atomic mass is 10.0. The van der Waals surface area contributed by atoms with E-state index < -0.39 is 5.97 Å². The molecule has 2 N–H and O–H groups in total. The summed E-state index contributed by atoms with van der Waals surface area (Å²) in [5.74, 6) is 0.488. The van der Waals surface area contributed by atoms with Gasteiger partial charge >= 0.3 is 5.97 Å². The van der Waals surface area contributed by atoms with Crippen LogP contribution >= 0.6 is 0 Å². The van der Waals surface area contributed by atoms with Crippen molar-refractivity contribution in [2.45, 2.75) is 32.2 Å². The van der Waals surface area contributed by atoms with Gasteiger partial charge in [-0.1, -0.05) is 30.3 Å². The fourth-order valence-corrected chi connectivity index (χ4v) is 2.66. The monoisotopic (exact) mass is 325 g/mol. The van der Waals surface area contributed by atoms with Gasteiger partial charge in [0.05, 0.1) is 0 Å². The van der Waals surface area contributed by atoms with Crippen LogP contribution in [0, 0.1) is 6.92 Å². The molecule has 7 heteroatoms. The Balaban J connectivity index is 1.84. The van der Waals surface area contributed by atoms with Gasteiger partial charge in [0, 0.05) is 24.2 Å². The second kappa shape index (κ2) is 7.08. The first kappa shape index (κ1) is 15.9. The molecule has 3 rings (SSSR count). The number of benzene rings is 1. The molecule has 0 aliphatic carbocycles. The highest BCUT2D eigenvalue weighted by Crippen LogP contribution is 2.16. The van der Waals surface area contributed by atoms with Crippen molar-refractivity contribution in [3.8, 4) is 0 Å². The minimum absolute atomic E-state index is 0.0299. The lowest BCUT2D eigenvalue weighted by Gasteiger charge is -2.20. The van der Waals surface area contributed by atoms with Crippen LogP contribution in [0.4, 0.5) is 5.82 Å². The van der Waals surface area contributed by atoms with E-state index in [-0.39, 0.29) is 12.5 Å². The van der Waals surface area contributed by atoms with Crippen LogP contribution in [-0.4, -0.2) is 36.7 Å². The Morgan fingerprint density at radius 3 is 2.88 bits per heavy atom. The number of nitrogens with zero attached hydrogens (tertiary/aromatic N) is 4. The minimum Gasteiger partial charge on any atom is -0.481 e. The van der Waals surface area contributed by atoms with Crippen LogP contribution in [0.25, 0.3) is 5.78 Å². The topological polar surface area (TPSA) is 92.4 Å². The molecule has 1 atom stereocenters. The first-order valence-electron chi connectivity index (χ1n) is 7.81. The van der Waals surface area contributed by atoms with Crippen molar-refractivity contribution >= 4 is 17.6 Å². The molecule has 0 radical (unpaired) electrons. The van der Waals surface area contributed by atoms with Gasteiger partial charge in [-0.2, -0.15) is 14.6 Å². The summed E-state index contributed by atoms with van der Waals surface area (Å²) in [6.45, 7) is 1.89. The van der Waals surface area contributed by atoms with Crippen molar-refractivity contribution in [2.75, 3.05) is 5.32 Å². The van der Waals surface area contributed by atoms with Gasteiger partial charge in [-0.15, -0.1) is 0 Å². The summed E-state index contributed by atoms with van der Waals surface area (Å²) in [4.78, 5) is 19.4. The van der Waals surface area contributed by atoms with E-state index in [9.17, 15) is 4.79 Å². The summed E-state index contributed by atoms with van der Waals surface area (Å²) in [7, 11) is 0. The smallest absolute Gasteiger partial charge is 0.303 e. The van der Waals surface area contributed by atoms with Crippen LogP contribution < -0.4 is 5.32 Å². The SMILES string of the molecule is Cc1cc(NC(CCC(=O)O)Cc2ccccc2)n2ncnc2n1.